The number of carbonyl (C=O) groups is 2. The number of amides is 2. The van der Waals surface area contributed by atoms with Gasteiger partial charge in [-0.25, -0.2) is 0 Å². The van der Waals surface area contributed by atoms with E-state index >= 15 is 0 Å². The zero-order valence-corrected chi connectivity index (χ0v) is 15.6. The third-order valence-corrected chi connectivity index (χ3v) is 5.90. The molecular weight excluding hydrogens is 328 g/mol. The molecule has 1 aromatic carbocycles. The van der Waals surface area contributed by atoms with Crippen molar-refractivity contribution >= 4 is 11.8 Å². The topological polar surface area (TPSA) is 69.6 Å². The molecule has 2 N–H and O–H groups in total. The highest BCUT2D eigenvalue weighted by molar-refractivity contribution is 5.81. The van der Waals surface area contributed by atoms with Crippen LogP contribution < -0.4 is 5.32 Å². The van der Waals surface area contributed by atoms with Crippen molar-refractivity contribution in [1.82, 2.24) is 10.2 Å². The molecule has 0 aromatic heterocycles. The van der Waals surface area contributed by atoms with Crippen molar-refractivity contribution in [3.63, 3.8) is 0 Å². The van der Waals surface area contributed by atoms with E-state index in [4.69, 9.17) is 0 Å². The lowest BCUT2D eigenvalue weighted by Gasteiger charge is -2.33. The van der Waals surface area contributed by atoms with E-state index in [-0.39, 0.29) is 29.5 Å². The molecule has 2 aliphatic rings. The number of phenolic OH excluding ortho intramolecular Hbond substituents is 1. The summed E-state index contributed by atoms with van der Waals surface area (Å²) in [5.41, 5.74) is 1.01. The van der Waals surface area contributed by atoms with E-state index in [1.807, 2.05) is 24.0 Å². The molecule has 1 atom stereocenters. The Bertz CT molecular complexity index is 615. The van der Waals surface area contributed by atoms with Gasteiger partial charge < -0.3 is 15.3 Å². The SMILES string of the molecule is CC[C@@H](NC(=O)C1CCN(C(=O)C2CCCC2)CC1)c1ccc(O)cc1. The van der Waals surface area contributed by atoms with Crippen molar-refractivity contribution in [2.45, 2.75) is 57.9 Å². The molecule has 0 spiro atoms. The largest absolute Gasteiger partial charge is 0.508 e. The van der Waals surface area contributed by atoms with Gasteiger partial charge in [-0.1, -0.05) is 31.9 Å². The van der Waals surface area contributed by atoms with Crippen LogP contribution in [0.25, 0.3) is 0 Å². The number of likely N-dealkylation sites (tertiary alicyclic amines) is 1. The molecule has 1 saturated carbocycles. The molecule has 0 radical (unpaired) electrons. The van der Waals surface area contributed by atoms with Gasteiger partial charge in [0.2, 0.25) is 11.8 Å². The van der Waals surface area contributed by atoms with Gasteiger partial charge in [0.05, 0.1) is 6.04 Å². The molecule has 1 aromatic rings. The molecule has 1 heterocycles. The van der Waals surface area contributed by atoms with E-state index < -0.39 is 0 Å². The van der Waals surface area contributed by atoms with Crippen molar-refractivity contribution < 1.29 is 14.7 Å². The number of aromatic hydroxyl groups is 1. The third-order valence-electron chi connectivity index (χ3n) is 5.90. The number of hydrogen-bond donors (Lipinski definition) is 2. The number of benzene rings is 1. The maximum absolute atomic E-state index is 12.7. The summed E-state index contributed by atoms with van der Waals surface area (Å²) in [6.45, 7) is 3.44. The number of carbonyl (C=O) groups excluding carboxylic acids is 2. The van der Waals surface area contributed by atoms with E-state index in [2.05, 4.69) is 5.32 Å². The van der Waals surface area contributed by atoms with Gasteiger partial charge in [0.1, 0.15) is 5.75 Å². The van der Waals surface area contributed by atoms with Crippen LogP contribution in [0.1, 0.15) is 63.5 Å². The zero-order valence-electron chi connectivity index (χ0n) is 15.6. The monoisotopic (exact) mass is 358 g/mol. The minimum atomic E-state index is -0.0405. The van der Waals surface area contributed by atoms with Gasteiger partial charge in [-0.05, 0) is 49.8 Å². The number of rotatable bonds is 5. The van der Waals surface area contributed by atoms with Crippen LogP contribution in [0.4, 0.5) is 0 Å². The average molecular weight is 358 g/mol. The first-order valence-electron chi connectivity index (χ1n) is 9.96. The summed E-state index contributed by atoms with van der Waals surface area (Å²) in [6.07, 6.45) is 6.70. The van der Waals surface area contributed by atoms with Crippen molar-refractivity contribution in [3.05, 3.63) is 29.8 Å². The summed E-state index contributed by atoms with van der Waals surface area (Å²) in [5.74, 6) is 0.817. The number of phenols is 1. The first kappa shape index (κ1) is 18.7. The fourth-order valence-electron chi connectivity index (χ4n) is 4.21. The Morgan fingerprint density at radius 2 is 1.69 bits per heavy atom. The van der Waals surface area contributed by atoms with Gasteiger partial charge in [-0.2, -0.15) is 0 Å². The molecule has 2 amide bonds. The Balaban J connectivity index is 1.51. The van der Waals surface area contributed by atoms with E-state index in [0.717, 1.165) is 37.7 Å². The summed E-state index contributed by atoms with van der Waals surface area (Å²) in [5, 5.41) is 12.6. The summed E-state index contributed by atoms with van der Waals surface area (Å²) in [7, 11) is 0. The first-order chi connectivity index (χ1) is 12.6. The summed E-state index contributed by atoms with van der Waals surface area (Å²) in [4.78, 5) is 27.2. The molecule has 3 rings (SSSR count). The summed E-state index contributed by atoms with van der Waals surface area (Å²) in [6, 6.07) is 6.97. The van der Waals surface area contributed by atoms with Crippen LogP contribution in [0.2, 0.25) is 0 Å². The highest BCUT2D eigenvalue weighted by Gasteiger charge is 2.32. The average Bonchev–Trinajstić information content (AvgIpc) is 3.21. The molecule has 2 fully saturated rings. The normalized spacial score (nSPS) is 20.1. The van der Waals surface area contributed by atoms with Crippen LogP contribution in [0.15, 0.2) is 24.3 Å². The fraction of sp³-hybridized carbons (Fsp3) is 0.619. The van der Waals surface area contributed by atoms with Crippen LogP contribution in [0.5, 0.6) is 5.75 Å². The van der Waals surface area contributed by atoms with Gasteiger partial charge in [-0.15, -0.1) is 0 Å². The summed E-state index contributed by atoms with van der Waals surface area (Å²) >= 11 is 0. The number of piperidine rings is 1. The van der Waals surface area contributed by atoms with E-state index in [1.165, 1.54) is 12.8 Å². The number of nitrogens with one attached hydrogen (secondary N) is 1. The Labute approximate surface area is 155 Å². The molecule has 1 aliphatic carbocycles. The molecule has 5 nitrogen and oxygen atoms in total. The quantitative estimate of drug-likeness (QED) is 0.848. The second-order valence-corrected chi connectivity index (χ2v) is 7.64. The van der Waals surface area contributed by atoms with E-state index in [1.54, 1.807) is 12.1 Å². The Kier molecular flexibility index (Phi) is 6.17. The van der Waals surface area contributed by atoms with Gasteiger partial charge >= 0.3 is 0 Å². The first-order valence-corrected chi connectivity index (χ1v) is 9.96. The maximum atomic E-state index is 12.7. The highest BCUT2D eigenvalue weighted by Crippen LogP contribution is 2.29. The van der Waals surface area contributed by atoms with Crippen LogP contribution in [0.3, 0.4) is 0 Å². The van der Waals surface area contributed by atoms with Crippen LogP contribution in [0, 0.1) is 11.8 Å². The Hall–Kier alpha value is -2.04. The Morgan fingerprint density at radius 3 is 2.27 bits per heavy atom. The zero-order chi connectivity index (χ0) is 18.5. The van der Waals surface area contributed by atoms with Crippen molar-refractivity contribution in [2.24, 2.45) is 11.8 Å². The lowest BCUT2D eigenvalue weighted by Crippen LogP contribution is -2.45. The van der Waals surface area contributed by atoms with Crippen LogP contribution in [-0.2, 0) is 9.59 Å². The molecule has 0 bridgehead atoms. The van der Waals surface area contributed by atoms with Crippen molar-refractivity contribution in [3.8, 4) is 5.75 Å². The summed E-state index contributed by atoms with van der Waals surface area (Å²) < 4.78 is 0. The van der Waals surface area contributed by atoms with Crippen LogP contribution in [-0.4, -0.2) is 34.9 Å². The predicted molar refractivity (Wildman–Crippen MR) is 101 cm³/mol. The van der Waals surface area contributed by atoms with Crippen LogP contribution >= 0.6 is 0 Å². The minimum absolute atomic E-state index is 0.0196. The van der Waals surface area contributed by atoms with Crippen molar-refractivity contribution in [2.75, 3.05) is 13.1 Å². The van der Waals surface area contributed by atoms with Gasteiger partial charge in [-0.3, -0.25) is 9.59 Å². The molecule has 0 unspecified atom stereocenters. The second-order valence-electron chi connectivity index (χ2n) is 7.64. The van der Waals surface area contributed by atoms with E-state index in [0.29, 0.717) is 19.0 Å². The minimum Gasteiger partial charge on any atom is -0.508 e. The van der Waals surface area contributed by atoms with E-state index in [9.17, 15) is 14.7 Å². The Morgan fingerprint density at radius 1 is 1.08 bits per heavy atom. The second kappa shape index (κ2) is 8.56. The smallest absolute Gasteiger partial charge is 0.225 e. The molecule has 1 aliphatic heterocycles. The van der Waals surface area contributed by atoms with Gasteiger partial charge in [0.15, 0.2) is 0 Å². The molecule has 5 heteroatoms. The lowest BCUT2D eigenvalue weighted by atomic mass is 9.93. The molecule has 1 saturated heterocycles. The molecule has 26 heavy (non-hydrogen) atoms. The number of nitrogens with zero attached hydrogens (tertiary/aromatic N) is 1. The lowest BCUT2D eigenvalue weighted by molar-refractivity contribution is -0.139. The predicted octanol–water partition coefficient (Wildman–Crippen LogP) is 3.39. The van der Waals surface area contributed by atoms with Crippen molar-refractivity contribution in [1.29, 1.82) is 0 Å². The number of hydrogen-bond acceptors (Lipinski definition) is 3. The van der Waals surface area contributed by atoms with Gasteiger partial charge in [0.25, 0.3) is 0 Å². The maximum Gasteiger partial charge on any atom is 0.225 e. The third kappa shape index (κ3) is 4.37. The standard InChI is InChI=1S/C21H30N2O3/c1-2-19(15-7-9-18(24)10-8-15)22-20(25)16-11-13-23(14-12-16)21(26)17-5-3-4-6-17/h7-10,16-17,19,24H,2-6,11-14H2,1H3,(H,22,25)/t19-/m1/s1. The fourth-order valence-corrected chi connectivity index (χ4v) is 4.21. The highest BCUT2D eigenvalue weighted by atomic mass is 16.3. The molecular formula is C21H30N2O3. The van der Waals surface area contributed by atoms with Gasteiger partial charge in [0, 0.05) is 24.9 Å². The molecule has 142 valence electrons.